The van der Waals surface area contributed by atoms with Gasteiger partial charge >= 0.3 is 11.8 Å². The number of aromatic amines is 1. The number of piperidine rings is 1. The lowest BCUT2D eigenvalue weighted by atomic mass is 9.97. The monoisotopic (exact) mass is 482 g/mol. The van der Waals surface area contributed by atoms with E-state index in [0.717, 1.165) is 24.0 Å². The third-order valence-electron chi connectivity index (χ3n) is 6.39. The van der Waals surface area contributed by atoms with Crippen LogP contribution in [0, 0.1) is 11.6 Å². The highest BCUT2D eigenvalue weighted by Gasteiger charge is 2.28. The molecule has 0 saturated carbocycles. The van der Waals surface area contributed by atoms with Crippen LogP contribution in [-0.2, 0) is 12.8 Å². The van der Waals surface area contributed by atoms with Gasteiger partial charge in [-0.15, -0.1) is 10.2 Å². The third-order valence-corrected chi connectivity index (χ3v) is 6.39. The van der Waals surface area contributed by atoms with Gasteiger partial charge in [-0.1, -0.05) is 5.10 Å². The molecular formula is C22H20F2N8O3. The van der Waals surface area contributed by atoms with Gasteiger partial charge in [-0.2, -0.15) is 0 Å². The number of nitrogens with zero attached hydrogens (tertiary/aromatic N) is 6. The van der Waals surface area contributed by atoms with Crippen molar-refractivity contribution in [3.05, 3.63) is 63.7 Å². The first-order valence-electron chi connectivity index (χ1n) is 11.2. The van der Waals surface area contributed by atoms with Crippen LogP contribution in [0.25, 0.3) is 11.5 Å². The van der Waals surface area contributed by atoms with Crippen molar-refractivity contribution in [1.29, 1.82) is 0 Å². The number of anilines is 2. The molecule has 0 radical (unpaired) electrons. The SMILES string of the molecule is O=c1[nH]nc(C2CCN(c3nnc(-c4cnc(NC5Cc6cc(F)c(F)cc6C5)nc4)o3)CC2)o1. The molecular weight excluding hydrogens is 462 g/mol. The minimum Gasteiger partial charge on any atom is -0.403 e. The number of hydrogen-bond acceptors (Lipinski definition) is 10. The fourth-order valence-electron chi connectivity index (χ4n) is 4.60. The molecule has 0 unspecified atom stereocenters. The van der Waals surface area contributed by atoms with Gasteiger partial charge in [0.05, 0.1) is 5.56 Å². The molecule has 4 aromatic rings. The lowest BCUT2D eigenvalue weighted by molar-refractivity contribution is 0.372. The van der Waals surface area contributed by atoms with E-state index >= 15 is 0 Å². The van der Waals surface area contributed by atoms with Crippen molar-refractivity contribution in [1.82, 2.24) is 30.4 Å². The topological polar surface area (TPSA) is 139 Å². The predicted octanol–water partition coefficient (Wildman–Crippen LogP) is 2.44. The molecule has 13 heteroatoms. The van der Waals surface area contributed by atoms with Gasteiger partial charge < -0.3 is 19.1 Å². The maximum absolute atomic E-state index is 13.5. The molecule has 1 saturated heterocycles. The number of H-pyrrole nitrogens is 1. The van der Waals surface area contributed by atoms with Crippen LogP contribution in [0.3, 0.4) is 0 Å². The van der Waals surface area contributed by atoms with Crippen LogP contribution >= 0.6 is 0 Å². The first kappa shape index (κ1) is 21.4. The highest BCUT2D eigenvalue weighted by Crippen LogP contribution is 2.30. The molecule has 1 aliphatic carbocycles. The number of halogens is 2. The largest absolute Gasteiger partial charge is 0.434 e. The zero-order valence-corrected chi connectivity index (χ0v) is 18.4. The Hall–Kier alpha value is -4.16. The van der Waals surface area contributed by atoms with Crippen LogP contribution in [0.1, 0.15) is 35.8 Å². The molecule has 180 valence electrons. The first-order chi connectivity index (χ1) is 17.0. The minimum atomic E-state index is -0.834. The van der Waals surface area contributed by atoms with E-state index in [1.165, 1.54) is 12.1 Å². The van der Waals surface area contributed by atoms with Crippen molar-refractivity contribution in [2.45, 2.75) is 37.6 Å². The van der Waals surface area contributed by atoms with Crippen molar-refractivity contribution in [2.75, 3.05) is 23.3 Å². The van der Waals surface area contributed by atoms with E-state index in [2.05, 4.69) is 35.7 Å². The summed E-state index contributed by atoms with van der Waals surface area (Å²) in [4.78, 5) is 21.8. The van der Waals surface area contributed by atoms with Crippen molar-refractivity contribution in [3.8, 4) is 11.5 Å². The fourth-order valence-corrected chi connectivity index (χ4v) is 4.60. The van der Waals surface area contributed by atoms with Gasteiger partial charge in [0.1, 0.15) is 0 Å². The Morgan fingerprint density at radius 3 is 2.31 bits per heavy atom. The first-order valence-corrected chi connectivity index (χ1v) is 11.2. The molecule has 1 aliphatic heterocycles. The summed E-state index contributed by atoms with van der Waals surface area (Å²) in [6.07, 6.45) is 5.76. The normalized spacial score (nSPS) is 16.6. The number of nitrogens with one attached hydrogen (secondary N) is 2. The smallest absolute Gasteiger partial charge is 0.403 e. The molecule has 0 atom stereocenters. The van der Waals surface area contributed by atoms with E-state index in [0.29, 0.717) is 55.2 Å². The van der Waals surface area contributed by atoms with Gasteiger partial charge in [-0.3, -0.25) is 0 Å². The van der Waals surface area contributed by atoms with Gasteiger partial charge in [0.2, 0.25) is 11.8 Å². The predicted molar refractivity (Wildman–Crippen MR) is 118 cm³/mol. The molecule has 2 aliphatic rings. The Morgan fingerprint density at radius 1 is 1.00 bits per heavy atom. The Bertz CT molecular complexity index is 1380. The Kier molecular flexibility index (Phi) is 5.23. The molecule has 0 amide bonds. The highest BCUT2D eigenvalue weighted by atomic mass is 19.2. The Balaban J connectivity index is 1.07. The quantitative estimate of drug-likeness (QED) is 0.436. The zero-order valence-electron chi connectivity index (χ0n) is 18.4. The van der Waals surface area contributed by atoms with Crippen LogP contribution < -0.4 is 16.0 Å². The summed E-state index contributed by atoms with van der Waals surface area (Å²) in [6, 6.07) is 2.85. The summed E-state index contributed by atoms with van der Waals surface area (Å²) in [5.41, 5.74) is 2.14. The Morgan fingerprint density at radius 2 is 1.69 bits per heavy atom. The zero-order chi connectivity index (χ0) is 23.9. The molecule has 2 N–H and O–H groups in total. The van der Waals surface area contributed by atoms with Gasteiger partial charge in [0.15, 0.2) is 11.6 Å². The molecule has 4 heterocycles. The Labute approximate surface area is 196 Å². The fraction of sp³-hybridized carbons (Fsp3) is 0.364. The molecule has 1 fully saturated rings. The van der Waals surface area contributed by atoms with E-state index in [9.17, 15) is 13.6 Å². The minimum absolute atomic E-state index is 0.0514. The van der Waals surface area contributed by atoms with E-state index in [-0.39, 0.29) is 12.0 Å². The summed E-state index contributed by atoms with van der Waals surface area (Å²) < 4.78 is 37.9. The van der Waals surface area contributed by atoms with E-state index in [1.54, 1.807) is 12.4 Å². The van der Waals surface area contributed by atoms with Gasteiger partial charge in [-0.05, 0) is 48.9 Å². The van der Waals surface area contributed by atoms with Crippen molar-refractivity contribution in [3.63, 3.8) is 0 Å². The van der Waals surface area contributed by atoms with Crippen LogP contribution in [0.5, 0.6) is 0 Å². The summed E-state index contributed by atoms with van der Waals surface area (Å²) in [5.74, 6) is -1.03. The standard InChI is InChI=1S/C22H20F2N8O3/c23-16-7-12-5-15(6-13(12)8-17(16)24)27-20-25-9-14(10-26-20)19-28-30-21(34-19)32-3-1-11(2-4-32)18-29-31-22(33)35-18/h7-11,15H,1-6H2,(H,31,33)(H,25,26,27). The van der Waals surface area contributed by atoms with E-state index in [1.807, 2.05) is 4.90 Å². The van der Waals surface area contributed by atoms with Crippen LogP contribution in [0.4, 0.5) is 20.7 Å². The third kappa shape index (κ3) is 4.24. The van der Waals surface area contributed by atoms with Gasteiger partial charge in [0, 0.05) is 37.4 Å². The molecule has 6 rings (SSSR count). The molecule has 35 heavy (non-hydrogen) atoms. The summed E-state index contributed by atoms with van der Waals surface area (Å²) >= 11 is 0. The maximum Gasteiger partial charge on any atom is 0.434 e. The summed E-state index contributed by atoms with van der Waals surface area (Å²) in [7, 11) is 0. The second-order valence-electron chi connectivity index (χ2n) is 8.68. The maximum atomic E-state index is 13.5. The van der Waals surface area contributed by atoms with Gasteiger partial charge in [-0.25, -0.2) is 28.6 Å². The summed E-state index contributed by atoms with van der Waals surface area (Å²) in [6.45, 7) is 1.31. The number of rotatable bonds is 5. The van der Waals surface area contributed by atoms with Crippen LogP contribution in [-0.4, -0.2) is 49.5 Å². The second-order valence-corrected chi connectivity index (χ2v) is 8.68. The molecule has 0 bridgehead atoms. The number of hydrogen-bond donors (Lipinski definition) is 2. The summed E-state index contributed by atoms with van der Waals surface area (Å²) in [5, 5.41) is 17.7. The van der Waals surface area contributed by atoms with Crippen LogP contribution in [0.15, 0.2) is 38.2 Å². The highest BCUT2D eigenvalue weighted by molar-refractivity contribution is 5.52. The second kappa shape index (κ2) is 8.56. The molecule has 1 aromatic carbocycles. The molecule has 11 nitrogen and oxygen atoms in total. The average molecular weight is 482 g/mol. The van der Waals surface area contributed by atoms with Crippen molar-refractivity contribution >= 4 is 12.0 Å². The number of benzene rings is 1. The lowest BCUT2D eigenvalue weighted by Gasteiger charge is -2.28. The van der Waals surface area contributed by atoms with Gasteiger partial charge in [0.25, 0.3) is 5.89 Å². The number of aromatic nitrogens is 6. The van der Waals surface area contributed by atoms with E-state index < -0.39 is 17.4 Å². The molecule has 0 spiro atoms. The average Bonchev–Trinajstić information content (AvgIpc) is 3.60. The van der Waals surface area contributed by atoms with Crippen molar-refractivity contribution < 1.29 is 17.6 Å². The number of fused-ring (bicyclic) bond motifs is 1. The van der Waals surface area contributed by atoms with Crippen molar-refractivity contribution in [2.24, 2.45) is 0 Å². The van der Waals surface area contributed by atoms with Crippen LogP contribution in [0.2, 0.25) is 0 Å². The lowest BCUT2D eigenvalue weighted by Crippen LogP contribution is -2.33. The van der Waals surface area contributed by atoms with E-state index in [4.69, 9.17) is 8.83 Å². The molecule has 3 aromatic heterocycles.